The van der Waals surface area contributed by atoms with Crippen LogP contribution in [0.15, 0.2) is 60.0 Å². The van der Waals surface area contributed by atoms with Crippen LogP contribution in [0.2, 0.25) is 5.02 Å². The standard InChI is InChI=1S/C26H36ClN5O3/c1-5-31(14-7-15-33)24-23(25(34)28-2)32(18-19-10-12-21(27)13-11-19)26(29-24)35-22-9-6-8-20(16-22)17-30(3)4/h6,8-13,16,26,29,33H,5,7,14-15,17-18H2,1-4H3,(H,28,34). The first-order chi connectivity index (χ1) is 16.9. The number of nitrogens with zero attached hydrogens (tertiary/aromatic N) is 3. The Bertz CT molecular complexity index is 1010. The van der Waals surface area contributed by atoms with E-state index in [0.717, 1.165) is 17.7 Å². The van der Waals surface area contributed by atoms with E-state index in [4.69, 9.17) is 16.3 Å². The van der Waals surface area contributed by atoms with Crippen LogP contribution in [0.5, 0.6) is 5.75 Å². The Labute approximate surface area is 213 Å². The Balaban J connectivity index is 1.98. The second-order valence-corrected chi connectivity index (χ2v) is 9.12. The third-order valence-electron chi connectivity index (χ3n) is 5.69. The lowest BCUT2D eigenvalue weighted by atomic mass is 10.2. The first kappa shape index (κ1) is 26.7. The fourth-order valence-electron chi connectivity index (χ4n) is 4.06. The summed E-state index contributed by atoms with van der Waals surface area (Å²) in [7, 11) is 5.67. The van der Waals surface area contributed by atoms with Crippen LogP contribution in [0.1, 0.15) is 24.5 Å². The highest BCUT2D eigenvalue weighted by molar-refractivity contribution is 6.30. The second kappa shape index (κ2) is 12.7. The van der Waals surface area contributed by atoms with Crippen LogP contribution in [-0.4, -0.2) is 72.9 Å². The monoisotopic (exact) mass is 501 g/mol. The number of carbonyl (C=O) groups excluding carboxylic acids is 1. The van der Waals surface area contributed by atoms with Crippen molar-refractivity contribution in [3.05, 3.63) is 76.2 Å². The molecule has 1 atom stereocenters. The van der Waals surface area contributed by atoms with Gasteiger partial charge in [-0.25, -0.2) is 0 Å². The van der Waals surface area contributed by atoms with Crippen molar-refractivity contribution in [3.63, 3.8) is 0 Å². The van der Waals surface area contributed by atoms with Crippen LogP contribution in [-0.2, 0) is 17.9 Å². The molecule has 2 aromatic carbocycles. The molecule has 0 fully saturated rings. The van der Waals surface area contributed by atoms with Gasteiger partial charge in [0.15, 0.2) is 0 Å². The Hall–Kier alpha value is -2.94. The van der Waals surface area contributed by atoms with E-state index in [2.05, 4.69) is 26.5 Å². The molecule has 0 aromatic heterocycles. The summed E-state index contributed by atoms with van der Waals surface area (Å²) in [5, 5.41) is 16.3. The minimum absolute atomic E-state index is 0.0756. The van der Waals surface area contributed by atoms with Crippen LogP contribution in [0.25, 0.3) is 0 Å². The van der Waals surface area contributed by atoms with E-state index in [1.807, 2.05) is 68.4 Å². The van der Waals surface area contributed by atoms with Gasteiger partial charge in [0.05, 0.1) is 0 Å². The van der Waals surface area contributed by atoms with Gasteiger partial charge in [-0.3, -0.25) is 4.79 Å². The minimum atomic E-state index is -0.606. The molecule has 1 unspecified atom stereocenters. The molecule has 9 heteroatoms. The molecule has 2 aromatic rings. The van der Waals surface area contributed by atoms with E-state index in [-0.39, 0.29) is 12.5 Å². The van der Waals surface area contributed by atoms with Gasteiger partial charge in [-0.2, -0.15) is 0 Å². The van der Waals surface area contributed by atoms with E-state index >= 15 is 0 Å². The van der Waals surface area contributed by atoms with Gasteiger partial charge in [-0.05, 0) is 62.8 Å². The summed E-state index contributed by atoms with van der Waals surface area (Å²) < 4.78 is 6.43. The summed E-state index contributed by atoms with van der Waals surface area (Å²) in [5.74, 6) is 1.18. The molecular formula is C26H36ClN5O3. The number of hydrogen-bond donors (Lipinski definition) is 3. The molecule has 1 aliphatic heterocycles. The number of nitrogens with one attached hydrogen (secondary N) is 2. The predicted molar refractivity (Wildman–Crippen MR) is 138 cm³/mol. The molecule has 8 nitrogen and oxygen atoms in total. The molecule has 0 aliphatic carbocycles. The topological polar surface area (TPSA) is 80.3 Å². The van der Waals surface area contributed by atoms with Gasteiger partial charge in [0.1, 0.15) is 17.3 Å². The van der Waals surface area contributed by atoms with Crippen LogP contribution >= 0.6 is 11.6 Å². The van der Waals surface area contributed by atoms with Crippen molar-refractivity contribution in [2.24, 2.45) is 0 Å². The van der Waals surface area contributed by atoms with Crippen molar-refractivity contribution in [2.45, 2.75) is 32.8 Å². The maximum absolute atomic E-state index is 13.1. The normalized spacial score (nSPS) is 15.4. The molecular weight excluding hydrogens is 466 g/mol. The average molecular weight is 502 g/mol. The fourth-order valence-corrected chi connectivity index (χ4v) is 4.18. The zero-order valence-electron chi connectivity index (χ0n) is 20.9. The molecule has 0 saturated heterocycles. The van der Waals surface area contributed by atoms with Crippen molar-refractivity contribution in [1.29, 1.82) is 0 Å². The number of likely N-dealkylation sites (N-methyl/N-ethyl adjacent to an activating group) is 1. The number of aliphatic hydroxyl groups is 1. The largest absolute Gasteiger partial charge is 0.452 e. The lowest BCUT2D eigenvalue weighted by Gasteiger charge is -2.28. The number of halogens is 1. The lowest BCUT2D eigenvalue weighted by molar-refractivity contribution is -0.119. The van der Waals surface area contributed by atoms with Crippen molar-refractivity contribution in [2.75, 3.05) is 40.8 Å². The fraction of sp³-hybridized carbons (Fsp3) is 0.423. The third-order valence-corrected chi connectivity index (χ3v) is 5.94. The summed E-state index contributed by atoms with van der Waals surface area (Å²) in [4.78, 5) is 19.2. The summed E-state index contributed by atoms with van der Waals surface area (Å²) in [6, 6.07) is 15.5. The molecule has 190 valence electrons. The smallest absolute Gasteiger partial charge is 0.271 e. The number of ether oxygens (including phenoxy) is 1. The van der Waals surface area contributed by atoms with Crippen molar-refractivity contribution < 1.29 is 14.6 Å². The quantitative estimate of drug-likeness (QED) is 0.412. The molecule has 0 spiro atoms. The maximum atomic E-state index is 13.1. The van der Waals surface area contributed by atoms with E-state index in [1.165, 1.54) is 0 Å². The minimum Gasteiger partial charge on any atom is -0.452 e. The van der Waals surface area contributed by atoms with Crippen LogP contribution < -0.4 is 15.4 Å². The van der Waals surface area contributed by atoms with Crippen molar-refractivity contribution >= 4 is 17.5 Å². The van der Waals surface area contributed by atoms with Gasteiger partial charge < -0.3 is 35.2 Å². The van der Waals surface area contributed by atoms with E-state index in [1.54, 1.807) is 7.05 Å². The number of benzene rings is 2. The maximum Gasteiger partial charge on any atom is 0.271 e. The number of aliphatic hydroxyl groups excluding tert-OH is 1. The first-order valence-electron chi connectivity index (χ1n) is 11.9. The molecule has 0 saturated carbocycles. The molecule has 1 amide bonds. The second-order valence-electron chi connectivity index (χ2n) is 8.69. The summed E-state index contributed by atoms with van der Waals surface area (Å²) >= 11 is 6.09. The molecule has 3 N–H and O–H groups in total. The number of rotatable bonds is 12. The highest BCUT2D eigenvalue weighted by Crippen LogP contribution is 2.28. The molecule has 1 heterocycles. The van der Waals surface area contributed by atoms with Crippen molar-refractivity contribution in [3.8, 4) is 5.75 Å². The summed E-state index contributed by atoms with van der Waals surface area (Å²) in [6.45, 7) is 4.61. The van der Waals surface area contributed by atoms with E-state index in [0.29, 0.717) is 48.3 Å². The van der Waals surface area contributed by atoms with Crippen LogP contribution in [0.3, 0.4) is 0 Å². The molecule has 0 radical (unpaired) electrons. The zero-order valence-corrected chi connectivity index (χ0v) is 21.7. The van der Waals surface area contributed by atoms with Crippen molar-refractivity contribution in [1.82, 2.24) is 25.3 Å². The summed E-state index contributed by atoms with van der Waals surface area (Å²) in [5.41, 5.74) is 2.62. The number of hydrogen-bond acceptors (Lipinski definition) is 7. The van der Waals surface area contributed by atoms with Gasteiger partial charge >= 0.3 is 0 Å². The third kappa shape index (κ3) is 7.04. The number of amides is 1. The van der Waals surface area contributed by atoms with Gasteiger partial charge in [-0.15, -0.1) is 0 Å². The Morgan fingerprint density at radius 3 is 2.57 bits per heavy atom. The predicted octanol–water partition coefficient (Wildman–Crippen LogP) is 2.79. The highest BCUT2D eigenvalue weighted by Gasteiger charge is 2.38. The summed E-state index contributed by atoms with van der Waals surface area (Å²) in [6.07, 6.45) is -0.0132. The molecule has 3 rings (SSSR count). The Morgan fingerprint density at radius 2 is 1.94 bits per heavy atom. The first-order valence-corrected chi connectivity index (χ1v) is 12.2. The van der Waals surface area contributed by atoms with Gasteiger partial charge in [0.2, 0.25) is 0 Å². The van der Waals surface area contributed by atoms with Gasteiger partial charge in [0, 0.05) is 44.9 Å². The average Bonchev–Trinajstić information content (AvgIpc) is 3.17. The lowest BCUT2D eigenvalue weighted by Crippen LogP contribution is -2.44. The van der Waals surface area contributed by atoms with Crippen LogP contribution in [0, 0.1) is 0 Å². The van der Waals surface area contributed by atoms with E-state index in [9.17, 15) is 9.90 Å². The zero-order chi connectivity index (χ0) is 25.4. The van der Waals surface area contributed by atoms with Gasteiger partial charge in [0.25, 0.3) is 12.3 Å². The van der Waals surface area contributed by atoms with Gasteiger partial charge in [-0.1, -0.05) is 35.9 Å². The molecule has 35 heavy (non-hydrogen) atoms. The highest BCUT2D eigenvalue weighted by atomic mass is 35.5. The SMILES string of the molecule is CCN(CCCO)C1=C(C(=O)NC)N(Cc2ccc(Cl)cc2)C(Oc2cccc(CN(C)C)c2)N1. The Kier molecular flexibility index (Phi) is 9.65. The Morgan fingerprint density at radius 1 is 1.20 bits per heavy atom. The number of carbonyl (C=O) groups is 1. The van der Waals surface area contributed by atoms with E-state index < -0.39 is 6.35 Å². The molecule has 0 bridgehead atoms. The molecule has 1 aliphatic rings. The van der Waals surface area contributed by atoms with Crippen LogP contribution in [0.4, 0.5) is 0 Å².